The van der Waals surface area contributed by atoms with Gasteiger partial charge in [-0.05, 0) is 45.3 Å². The minimum Gasteiger partial charge on any atom is -0.418 e. The highest BCUT2D eigenvalue weighted by molar-refractivity contribution is 6.25. The zero-order chi connectivity index (χ0) is 15.8. The summed E-state index contributed by atoms with van der Waals surface area (Å²) in [7, 11) is 1.80. The molecule has 0 aliphatic carbocycles. The number of rotatable bonds is 16. The maximum absolute atomic E-state index is 5.82. The predicted molar refractivity (Wildman–Crippen MR) is 93.2 cm³/mol. The van der Waals surface area contributed by atoms with E-state index in [2.05, 4.69) is 26.6 Å². The van der Waals surface area contributed by atoms with Crippen LogP contribution in [0.1, 0.15) is 58.3 Å². The molecule has 0 aromatic carbocycles. The first-order valence-electron chi connectivity index (χ1n) is 8.21. The van der Waals surface area contributed by atoms with Crippen molar-refractivity contribution in [2.75, 3.05) is 6.61 Å². The molecule has 0 saturated heterocycles. The average molecular weight is 345 g/mol. The molecule has 0 heterocycles. The highest BCUT2D eigenvalue weighted by atomic mass is 28.2. The van der Waals surface area contributed by atoms with Gasteiger partial charge in [0.05, 0.1) is 0 Å². The Labute approximate surface area is 139 Å². The van der Waals surface area contributed by atoms with Crippen LogP contribution in [0.3, 0.4) is 0 Å². The van der Waals surface area contributed by atoms with E-state index in [1.54, 1.807) is 0 Å². The van der Waals surface area contributed by atoms with Gasteiger partial charge in [-0.15, -0.1) is 0 Å². The first-order valence-corrected chi connectivity index (χ1v) is 12.4. The highest BCUT2D eigenvalue weighted by Crippen LogP contribution is 2.15. The Balaban J connectivity index is 3.67. The minimum absolute atomic E-state index is 0.393. The number of hydrogen-bond acceptors (Lipinski definition) is 3. The zero-order valence-corrected chi connectivity index (χ0v) is 17.2. The summed E-state index contributed by atoms with van der Waals surface area (Å²) in [5.41, 5.74) is 0. The van der Waals surface area contributed by atoms with E-state index in [1.807, 2.05) is 0 Å². The molecule has 0 aromatic rings. The topological polar surface area (TPSA) is 27.7 Å². The lowest BCUT2D eigenvalue weighted by molar-refractivity contribution is 0.157. The lowest BCUT2D eigenvalue weighted by atomic mass is 10.0. The maximum Gasteiger partial charge on any atom is 0.226 e. The van der Waals surface area contributed by atoms with Crippen molar-refractivity contribution in [3.05, 3.63) is 0 Å². The van der Waals surface area contributed by atoms with E-state index in [0.29, 0.717) is 41.5 Å². The van der Waals surface area contributed by atoms with Crippen LogP contribution in [-0.4, -0.2) is 48.1 Å². The van der Waals surface area contributed by atoms with Crippen LogP contribution < -0.4 is 0 Å². The predicted octanol–water partition coefficient (Wildman–Crippen LogP) is 3.92. The molecule has 0 aliphatic heterocycles. The second kappa shape index (κ2) is 16.9. The molecule has 6 heteroatoms. The second-order valence-corrected chi connectivity index (χ2v) is 7.14. The Hall–Kier alpha value is 0.531. The van der Waals surface area contributed by atoms with Gasteiger partial charge in [0.25, 0.3) is 0 Å². The maximum atomic E-state index is 5.82. The van der Waals surface area contributed by atoms with Gasteiger partial charge < -0.3 is 13.3 Å². The second-order valence-electron chi connectivity index (χ2n) is 5.16. The largest absolute Gasteiger partial charge is 0.418 e. The van der Waals surface area contributed by atoms with Crippen LogP contribution in [0, 0.1) is 0 Å². The summed E-state index contributed by atoms with van der Waals surface area (Å²) in [5, 5.41) is 0. The van der Waals surface area contributed by atoms with E-state index in [4.69, 9.17) is 13.3 Å². The van der Waals surface area contributed by atoms with Crippen LogP contribution in [0.4, 0.5) is 0 Å². The first-order chi connectivity index (χ1) is 10.3. The summed E-state index contributed by atoms with van der Waals surface area (Å²) in [6.45, 7) is 9.38. The Morgan fingerprint density at radius 1 is 0.714 bits per heavy atom. The summed E-state index contributed by atoms with van der Waals surface area (Å²) in [6, 6.07) is 0. The minimum atomic E-state index is 0.393. The summed E-state index contributed by atoms with van der Waals surface area (Å²) >= 11 is 0. The van der Waals surface area contributed by atoms with Gasteiger partial charge in [0.15, 0.2) is 0 Å². The highest BCUT2D eigenvalue weighted by Gasteiger charge is 2.10. The Kier molecular flexibility index (Phi) is 17.3. The molecule has 6 radical (unpaired) electrons. The smallest absolute Gasteiger partial charge is 0.226 e. The SMILES string of the molecule is CCCC(CCCCCC(CCO[Si]C)O[Si]C)O[Si]C. The Bertz CT molecular complexity index is 203. The monoisotopic (exact) mass is 344 g/mol. The van der Waals surface area contributed by atoms with Crippen LogP contribution in [0.15, 0.2) is 0 Å². The summed E-state index contributed by atoms with van der Waals surface area (Å²) in [4.78, 5) is 0. The van der Waals surface area contributed by atoms with Crippen molar-refractivity contribution in [1.29, 1.82) is 0 Å². The van der Waals surface area contributed by atoms with Gasteiger partial charge in [0, 0.05) is 18.8 Å². The fourth-order valence-corrected chi connectivity index (χ4v) is 3.85. The van der Waals surface area contributed by atoms with E-state index in [0.717, 1.165) is 13.0 Å². The van der Waals surface area contributed by atoms with Gasteiger partial charge in [0.1, 0.15) is 0 Å². The summed E-state index contributed by atoms with van der Waals surface area (Å²) < 4.78 is 17.1. The van der Waals surface area contributed by atoms with Crippen molar-refractivity contribution in [3.8, 4) is 0 Å². The summed E-state index contributed by atoms with van der Waals surface area (Å²) in [6.07, 6.45) is 10.6. The van der Waals surface area contributed by atoms with Gasteiger partial charge in [-0.2, -0.15) is 0 Å². The normalized spacial score (nSPS) is 14.3. The van der Waals surface area contributed by atoms with E-state index < -0.39 is 0 Å². The standard InChI is InChI=1S/C15H32O3Si3/c1-5-9-14(17-20-3)10-7-6-8-11-15(18-21-4)12-13-16-19-2/h14-15H,5-13H2,1-4H3. The van der Waals surface area contributed by atoms with Gasteiger partial charge in [-0.25, -0.2) is 0 Å². The van der Waals surface area contributed by atoms with Crippen LogP contribution in [-0.2, 0) is 13.3 Å². The average Bonchev–Trinajstić information content (AvgIpc) is 2.47. The molecule has 0 aliphatic rings. The molecule has 0 fully saturated rings. The van der Waals surface area contributed by atoms with E-state index in [9.17, 15) is 0 Å². The van der Waals surface area contributed by atoms with Crippen LogP contribution >= 0.6 is 0 Å². The van der Waals surface area contributed by atoms with Crippen molar-refractivity contribution in [1.82, 2.24) is 0 Å². The van der Waals surface area contributed by atoms with Crippen molar-refractivity contribution in [2.45, 2.75) is 90.1 Å². The molecule has 0 aromatic heterocycles. The van der Waals surface area contributed by atoms with Crippen LogP contribution in [0.5, 0.6) is 0 Å². The number of unbranched alkanes of at least 4 members (excludes halogenated alkanes) is 2. The molecule has 0 amide bonds. The third kappa shape index (κ3) is 13.9. The van der Waals surface area contributed by atoms with Crippen LogP contribution in [0.25, 0.3) is 0 Å². The molecular weight excluding hydrogens is 312 g/mol. The van der Waals surface area contributed by atoms with E-state index in [-0.39, 0.29) is 0 Å². The first kappa shape index (κ1) is 21.5. The van der Waals surface area contributed by atoms with Crippen molar-refractivity contribution < 1.29 is 13.3 Å². The number of hydrogen-bond donors (Lipinski definition) is 0. The molecule has 2 atom stereocenters. The van der Waals surface area contributed by atoms with Gasteiger partial charge in [0.2, 0.25) is 29.3 Å². The fraction of sp³-hybridized carbons (Fsp3) is 1.00. The van der Waals surface area contributed by atoms with Gasteiger partial charge in [-0.1, -0.05) is 32.6 Å². The molecule has 0 rings (SSSR count). The third-order valence-electron chi connectivity index (χ3n) is 3.42. The molecule has 3 nitrogen and oxygen atoms in total. The quantitative estimate of drug-likeness (QED) is 0.314. The molecule has 0 N–H and O–H groups in total. The lowest BCUT2D eigenvalue weighted by Gasteiger charge is -2.18. The Morgan fingerprint density at radius 2 is 1.29 bits per heavy atom. The van der Waals surface area contributed by atoms with Crippen molar-refractivity contribution in [3.63, 3.8) is 0 Å². The zero-order valence-electron chi connectivity index (χ0n) is 14.2. The summed E-state index contributed by atoms with van der Waals surface area (Å²) in [5.74, 6) is 0. The van der Waals surface area contributed by atoms with Gasteiger partial charge >= 0.3 is 0 Å². The van der Waals surface area contributed by atoms with Crippen molar-refractivity contribution >= 4 is 29.3 Å². The lowest BCUT2D eigenvalue weighted by Crippen LogP contribution is -2.17. The molecule has 21 heavy (non-hydrogen) atoms. The molecular formula is C15H32O3Si3. The van der Waals surface area contributed by atoms with Crippen molar-refractivity contribution in [2.24, 2.45) is 0 Å². The van der Waals surface area contributed by atoms with E-state index in [1.165, 1.54) is 44.9 Å². The third-order valence-corrected chi connectivity index (χ3v) is 5.05. The van der Waals surface area contributed by atoms with Gasteiger partial charge in [-0.3, -0.25) is 0 Å². The molecule has 0 spiro atoms. The van der Waals surface area contributed by atoms with Crippen LogP contribution in [0.2, 0.25) is 19.6 Å². The van der Waals surface area contributed by atoms with E-state index >= 15 is 0 Å². The molecule has 0 saturated carbocycles. The Morgan fingerprint density at radius 3 is 1.76 bits per heavy atom. The molecule has 122 valence electrons. The molecule has 0 bridgehead atoms. The fourth-order valence-electron chi connectivity index (χ4n) is 2.39. The molecule has 2 unspecified atom stereocenters.